The van der Waals surface area contributed by atoms with E-state index < -0.39 is 5.82 Å². The first-order valence-electron chi connectivity index (χ1n) is 8.12. The minimum absolute atomic E-state index is 0.111. The van der Waals surface area contributed by atoms with Crippen LogP contribution in [0.3, 0.4) is 0 Å². The molecule has 26 heavy (non-hydrogen) atoms. The lowest BCUT2D eigenvalue weighted by molar-refractivity contribution is 0.0745. The zero-order valence-electron chi connectivity index (χ0n) is 14.4. The minimum Gasteiger partial charge on any atom is -0.337 e. The number of aryl methyl sites for hydroxylation is 1. The SMILES string of the molecule is C=CCN(Cc1nc(-c2cccc(C)c2)no1)C(=O)c1cccc(F)c1. The average molecular weight is 351 g/mol. The number of rotatable bonds is 6. The summed E-state index contributed by atoms with van der Waals surface area (Å²) in [6.45, 7) is 6.03. The topological polar surface area (TPSA) is 59.2 Å². The van der Waals surface area contributed by atoms with Crippen LogP contribution in [0.25, 0.3) is 11.4 Å². The van der Waals surface area contributed by atoms with Crippen LogP contribution in [0.2, 0.25) is 0 Å². The fourth-order valence-corrected chi connectivity index (χ4v) is 2.56. The van der Waals surface area contributed by atoms with Gasteiger partial charge in [0.05, 0.1) is 0 Å². The number of hydrogen-bond acceptors (Lipinski definition) is 4. The summed E-state index contributed by atoms with van der Waals surface area (Å²) >= 11 is 0. The zero-order chi connectivity index (χ0) is 18.5. The van der Waals surface area contributed by atoms with Crippen LogP contribution in [0.4, 0.5) is 4.39 Å². The van der Waals surface area contributed by atoms with Gasteiger partial charge in [-0.2, -0.15) is 4.98 Å². The molecule has 3 rings (SSSR count). The highest BCUT2D eigenvalue weighted by atomic mass is 19.1. The second-order valence-electron chi connectivity index (χ2n) is 5.87. The Hall–Kier alpha value is -3.28. The van der Waals surface area contributed by atoms with Crippen LogP contribution in [0.15, 0.2) is 65.7 Å². The summed E-state index contributed by atoms with van der Waals surface area (Å²) in [6, 6.07) is 13.3. The third-order valence-corrected chi connectivity index (χ3v) is 3.78. The van der Waals surface area contributed by atoms with Crippen molar-refractivity contribution in [3.63, 3.8) is 0 Å². The Bertz CT molecular complexity index is 936. The first-order valence-corrected chi connectivity index (χ1v) is 8.12. The minimum atomic E-state index is -0.464. The molecule has 1 amide bonds. The lowest BCUT2D eigenvalue weighted by atomic mass is 10.1. The highest BCUT2D eigenvalue weighted by Crippen LogP contribution is 2.18. The summed E-state index contributed by atoms with van der Waals surface area (Å²) in [5, 5.41) is 3.98. The molecule has 5 nitrogen and oxygen atoms in total. The number of nitrogens with zero attached hydrogens (tertiary/aromatic N) is 3. The van der Waals surface area contributed by atoms with E-state index in [-0.39, 0.29) is 24.6 Å². The molecule has 0 unspecified atom stereocenters. The van der Waals surface area contributed by atoms with Crippen LogP contribution >= 0.6 is 0 Å². The normalized spacial score (nSPS) is 10.5. The monoisotopic (exact) mass is 351 g/mol. The number of carbonyl (C=O) groups excluding carboxylic acids is 1. The van der Waals surface area contributed by atoms with Gasteiger partial charge in [-0.1, -0.05) is 41.1 Å². The Labute approximate surface area is 150 Å². The molecule has 3 aromatic rings. The van der Waals surface area contributed by atoms with Crippen molar-refractivity contribution in [2.45, 2.75) is 13.5 Å². The van der Waals surface area contributed by atoms with Gasteiger partial charge < -0.3 is 9.42 Å². The Morgan fingerprint density at radius 3 is 2.81 bits per heavy atom. The van der Waals surface area contributed by atoms with E-state index in [0.29, 0.717) is 11.7 Å². The molecule has 1 heterocycles. The van der Waals surface area contributed by atoms with Gasteiger partial charge in [-0.15, -0.1) is 6.58 Å². The molecule has 2 aromatic carbocycles. The first-order chi connectivity index (χ1) is 12.6. The van der Waals surface area contributed by atoms with Crippen molar-refractivity contribution in [3.05, 3.63) is 84.0 Å². The van der Waals surface area contributed by atoms with E-state index in [4.69, 9.17) is 4.52 Å². The molecule has 0 N–H and O–H groups in total. The van der Waals surface area contributed by atoms with E-state index in [0.717, 1.165) is 11.1 Å². The molecule has 0 aliphatic carbocycles. The molecule has 0 aliphatic rings. The van der Waals surface area contributed by atoms with Gasteiger partial charge in [-0.05, 0) is 31.2 Å². The van der Waals surface area contributed by atoms with Crippen molar-refractivity contribution in [2.24, 2.45) is 0 Å². The maximum atomic E-state index is 13.4. The van der Waals surface area contributed by atoms with Gasteiger partial charge in [0.15, 0.2) is 0 Å². The van der Waals surface area contributed by atoms with Gasteiger partial charge in [0, 0.05) is 17.7 Å². The second kappa shape index (κ2) is 7.74. The Kier molecular flexibility index (Phi) is 5.22. The number of halogens is 1. The quantitative estimate of drug-likeness (QED) is 0.630. The largest absolute Gasteiger partial charge is 0.337 e. The van der Waals surface area contributed by atoms with E-state index in [9.17, 15) is 9.18 Å². The Morgan fingerprint density at radius 1 is 1.27 bits per heavy atom. The molecule has 1 aromatic heterocycles. The smallest absolute Gasteiger partial charge is 0.254 e. The van der Waals surface area contributed by atoms with Crippen molar-refractivity contribution in [3.8, 4) is 11.4 Å². The van der Waals surface area contributed by atoms with Crippen LogP contribution in [0.5, 0.6) is 0 Å². The van der Waals surface area contributed by atoms with Crippen molar-refractivity contribution < 1.29 is 13.7 Å². The predicted octanol–water partition coefficient (Wildman–Crippen LogP) is 4.01. The standard InChI is InChI=1S/C20H18FN3O2/c1-3-10-24(20(25)16-8-5-9-17(21)12-16)13-18-22-19(23-26-18)15-7-4-6-14(2)11-15/h3-9,11-12H,1,10,13H2,2H3. The summed E-state index contributed by atoms with van der Waals surface area (Å²) in [4.78, 5) is 18.5. The molecular formula is C20H18FN3O2. The Morgan fingerprint density at radius 2 is 2.08 bits per heavy atom. The zero-order valence-corrected chi connectivity index (χ0v) is 14.4. The van der Waals surface area contributed by atoms with Crippen LogP contribution < -0.4 is 0 Å². The number of hydrogen-bond donors (Lipinski definition) is 0. The number of amides is 1. The fraction of sp³-hybridized carbons (Fsp3) is 0.150. The molecule has 0 saturated heterocycles. The summed E-state index contributed by atoms with van der Waals surface area (Å²) < 4.78 is 18.7. The lowest BCUT2D eigenvalue weighted by Crippen LogP contribution is -2.30. The third-order valence-electron chi connectivity index (χ3n) is 3.78. The molecule has 0 bridgehead atoms. The second-order valence-corrected chi connectivity index (χ2v) is 5.87. The van der Waals surface area contributed by atoms with Crippen LogP contribution in [-0.2, 0) is 6.54 Å². The fourth-order valence-electron chi connectivity index (χ4n) is 2.56. The highest BCUT2D eigenvalue weighted by Gasteiger charge is 2.19. The summed E-state index contributed by atoms with van der Waals surface area (Å²) in [5.41, 5.74) is 2.18. The van der Waals surface area contributed by atoms with E-state index in [1.54, 1.807) is 12.1 Å². The van der Waals surface area contributed by atoms with Crippen LogP contribution in [-0.4, -0.2) is 27.5 Å². The number of aromatic nitrogens is 2. The highest BCUT2D eigenvalue weighted by molar-refractivity contribution is 5.94. The summed E-state index contributed by atoms with van der Waals surface area (Å²) in [6.07, 6.45) is 1.59. The van der Waals surface area contributed by atoms with Crippen molar-refractivity contribution in [1.29, 1.82) is 0 Å². The van der Waals surface area contributed by atoms with Crippen molar-refractivity contribution in [2.75, 3.05) is 6.54 Å². The van der Waals surface area contributed by atoms with Gasteiger partial charge >= 0.3 is 0 Å². The average Bonchev–Trinajstić information content (AvgIpc) is 3.09. The van der Waals surface area contributed by atoms with Gasteiger partial charge in [-0.25, -0.2) is 4.39 Å². The van der Waals surface area contributed by atoms with E-state index in [1.807, 2.05) is 31.2 Å². The number of benzene rings is 2. The molecule has 0 radical (unpaired) electrons. The maximum Gasteiger partial charge on any atom is 0.254 e. The summed E-state index contributed by atoms with van der Waals surface area (Å²) in [5.74, 6) is -0.0396. The van der Waals surface area contributed by atoms with Gasteiger partial charge in [0.25, 0.3) is 5.91 Å². The molecule has 0 atom stereocenters. The lowest BCUT2D eigenvalue weighted by Gasteiger charge is -2.19. The van der Waals surface area contributed by atoms with Crippen molar-refractivity contribution >= 4 is 5.91 Å². The number of carbonyl (C=O) groups is 1. The first kappa shape index (κ1) is 17.5. The predicted molar refractivity (Wildman–Crippen MR) is 95.8 cm³/mol. The molecule has 0 spiro atoms. The molecule has 0 fully saturated rings. The van der Waals surface area contributed by atoms with E-state index in [2.05, 4.69) is 16.7 Å². The molecule has 0 aliphatic heterocycles. The van der Waals surface area contributed by atoms with E-state index in [1.165, 1.54) is 23.1 Å². The molecule has 6 heteroatoms. The van der Waals surface area contributed by atoms with Gasteiger partial charge in [0.2, 0.25) is 11.7 Å². The Balaban J connectivity index is 1.80. The van der Waals surface area contributed by atoms with Gasteiger partial charge in [0.1, 0.15) is 12.4 Å². The van der Waals surface area contributed by atoms with Gasteiger partial charge in [-0.3, -0.25) is 4.79 Å². The van der Waals surface area contributed by atoms with Crippen LogP contribution in [0, 0.1) is 12.7 Å². The van der Waals surface area contributed by atoms with E-state index >= 15 is 0 Å². The molecule has 132 valence electrons. The molecule has 0 saturated carbocycles. The van der Waals surface area contributed by atoms with Crippen molar-refractivity contribution in [1.82, 2.24) is 15.0 Å². The summed E-state index contributed by atoms with van der Waals surface area (Å²) in [7, 11) is 0. The van der Waals surface area contributed by atoms with Crippen LogP contribution in [0.1, 0.15) is 21.8 Å². The third kappa shape index (κ3) is 4.03. The maximum absolute atomic E-state index is 13.4. The molecular weight excluding hydrogens is 333 g/mol.